The Kier molecular flexibility index (Phi) is 4.37. The first kappa shape index (κ1) is 14.1. The lowest BCUT2D eigenvalue weighted by Crippen LogP contribution is -2.18. The molecule has 0 radical (unpaired) electrons. The van der Waals surface area contributed by atoms with Gasteiger partial charge in [0.25, 0.3) is 0 Å². The fourth-order valence-corrected chi connectivity index (χ4v) is 1.92. The zero-order chi connectivity index (χ0) is 14.5. The SMILES string of the molecule is Cc1cc(NC(=O)Cc2ccc(N)cc2)n(CCO)n1. The Labute approximate surface area is 117 Å². The zero-order valence-corrected chi connectivity index (χ0v) is 11.3. The molecule has 6 nitrogen and oxygen atoms in total. The van der Waals surface area contributed by atoms with E-state index in [2.05, 4.69) is 10.4 Å². The van der Waals surface area contributed by atoms with Crippen molar-refractivity contribution in [2.24, 2.45) is 0 Å². The molecule has 1 aromatic heterocycles. The summed E-state index contributed by atoms with van der Waals surface area (Å²) in [5, 5.41) is 16.0. The lowest BCUT2D eigenvalue weighted by atomic mass is 10.1. The molecule has 0 aliphatic carbocycles. The maximum atomic E-state index is 12.0. The largest absolute Gasteiger partial charge is 0.399 e. The molecule has 0 aliphatic heterocycles. The third kappa shape index (κ3) is 3.58. The van der Waals surface area contributed by atoms with Crippen LogP contribution in [0.2, 0.25) is 0 Å². The van der Waals surface area contributed by atoms with Crippen LogP contribution in [0, 0.1) is 6.92 Å². The molecule has 1 heterocycles. The Morgan fingerprint density at radius 2 is 2.10 bits per heavy atom. The van der Waals surface area contributed by atoms with E-state index < -0.39 is 0 Å². The first-order valence-electron chi connectivity index (χ1n) is 6.38. The molecule has 6 heteroatoms. The molecule has 0 saturated carbocycles. The van der Waals surface area contributed by atoms with Crippen molar-refractivity contribution in [3.8, 4) is 0 Å². The highest BCUT2D eigenvalue weighted by Gasteiger charge is 2.09. The van der Waals surface area contributed by atoms with Gasteiger partial charge in [0, 0.05) is 11.8 Å². The molecule has 0 unspecified atom stereocenters. The number of nitrogen functional groups attached to an aromatic ring is 1. The summed E-state index contributed by atoms with van der Waals surface area (Å²) in [4.78, 5) is 12.0. The number of carbonyl (C=O) groups is 1. The fraction of sp³-hybridized carbons (Fsp3) is 0.286. The monoisotopic (exact) mass is 274 g/mol. The maximum absolute atomic E-state index is 12.0. The van der Waals surface area contributed by atoms with Crippen LogP contribution in [-0.2, 0) is 17.8 Å². The molecule has 0 saturated heterocycles. The van der Waals surface area contributed by atoms with Gasteiger partial charge >= 0.3 is 0 Å². The third-order valence-electron chi connectivity index (χ3n) is 2.83. The van der Waals surface area contributed by atoms with E-state index in [0.29, 0.717) is 18.1 Å². The van der Waals surface area contributed by atoms with Gasteiger partial charge in [0.1, 0.15) is 5.82 Å². The van der Waals surface area contributed by atoms with Crippen molar-refractivity contribution in [1.82, 2.24) is 9.78 Å². The second kappa shape index (κ2) is 6.21. The molecule has 4 N–H and O–H groups in total. The molecule has 2 aromatic rings. The number of nitrogens with two attached hydrogens (primary N) is 1. The van der Waals surface area contributed by atoms with Crippen LogP contribution >= 0.6 is 0 Å². The number of hydrogen-bond donors (Lipinski definition) is 3. The number of anilines is 2. The van der Waals surface area contributed by atoms with Gasteiger partial charge in [-0.15, -0.1) is 0 Å². The third-order valence-corrected chi connectivity index (χ3v) is 2.83. The van der Waals surface area contributed by atoms with Crippen LogP contribution < -0.4 is 11.1 Å². The van der Waals surface area contributed by atoms with Crippen LogP contribution in [0.25, 0.3) is 0 Å². The molecule has 0 atom stereocenters. The van der Waals surface area contributed by atoms with Crippen molar-refractivity contribution in [3.63, 3.8) is 0 Å². The van der Waals surface area contributed by atoms with Gasteiger partial charge in [-0.25, -0.2) is 4.68 Å². The number of amides is 1. The minimum atomic E-state index is -0.131. The number of aromatic nitrogens is 2. The molecule has 1 amide bonds. The summed E-state index contributed by atoms with van der Waals surface area (Å²) in [5.74, 6) is 0.464. The Balaban J connectivity index is 2.02. The van der Waals surface area contributed by atoms with Crippen molar-refractivity contribution < 1.29 is 9.90 Å². The second-order valence-electron chi connectivity index (χ2n) is 4.58. The van der Waals surface area contributed by atoms with Crippen LogP contribution in [0.3, 0.4) is 0 Å². The van der Waals surface area contributed by atoms with E-state index in [0.717, 1.165) is 11.3 Å². The average molecular weight is 274 g/mol. The summed E-state index contributed by atoms with van der Waals surface area (Å²) in [5.41, 5.74) is 7.96. The van der Waals surface area contributed by atoms with Crippen LogP contribution in [0.1, 0.15) is 11.3 Å². The highest BCUT2D eigenvalue weighted by atomic mass is 16.3. The second-order valence-corrected chi connectivity index (χ2v) is 4.58. The molecule has 1 aromatic carbocycles. The van der Waals surface area contributed by atoms with Gasteiger partial charge in [-0.05, 0) is 24.6 Å². The van der Waals surface area contributed by atoms with Gasteiger partial charge < -0.3 is 16.2 Å². The number of hydrogen-bond acceptors (Lipinski definition) is 4. The molecule has 0 fully saturated rings. The average Bonchev–Trinajstić information content (AvgIpc) is 2.73. The lowest BCUT2D eigenvalue weighted by Gasteiger charge is -2.07. The first-order valence-corrected chi connectivity index (χ1v) is 6.38. The topological polar surface area (TPSA) is 93.2 Å². The zero-order valence-electron chi connectivity index (χ0n) is 11.3. The number of nitrogens with zero attached hydrogens (tertiary/aromatic N) is 2. The number of aliphatic hydroxyl groups is 1. The van der Waals surface area contributed by atoms with Gasteiger partial charge in [0.05, 0.1) is 25.3 Å². The smallest absolute Gasteiger partial charge is 0.229 e. The Bertz CT molecular complexity index is 590. The van der Waals surface area contributed by atoms with Crippen LogP contribution in [-0.4, -0.2) is 27.4 Å². The standard InChI is InChI=1S/C14H18N4O2/c1-10-8-13(18(17-10)6-7-19)16-14(20)9-11-2-4-12(15)5-3-11/h2-5,8,19H,6-7,9,15H2,1H3,(H,16,20). The van der Waals surface area contributed by atoms with E-state index in [4.69, 9.17) is 10.8 Å². The van der Waals surface area contributed by atoms with E-state index in [1.165, 1.54) is 0 Å². The van der Waals surface area contributed by atoms with E-state index in [1.54, 1.807) is 22.9 Å². The number of aliphatic hydroxyl groups excluding tert-OH is 1. The van der Waals surface area contributed by atoms with Crippen molar-refractivity contribution in [1.29, 1.82) is 0 Å². The molecule has 0 aliphatic rings. The summed E-state index contributed by atoms with van der Waals surface area (Å²) in [6.07, 6.45) is 0.267. The van der Waals surface area contributed by atoms with Gasteiger partial charge in [0.15, 0.2) is 0 Å². The molecule has 0 bridgehead atoms. The van der Waals surface area contributed by atoms with Crippen LogP contribution in [0.5, 0.6) is 0 Å². The van der Waals surface area contributed by atoms with E-state index in [1.807, 2.05) is 19.1 Å². The molecule has 106 valence electrons. The predicted molar refractivity (Wildman–Crippen MR) is 77.2 cm³/mol. The molecular weight excluding hydrogens is 256 g/mol. The van der Waals surface area contributed by atoms with E-state index in [9.17, 15) is 4.79 Å². The van der Waals surface area contributed by atoms with Gasteiger partial charge in [0.2, 0.25) is 5.91 Å². The maximum Gasteiger partial charge on any atom is 0.229 e. The van der Waals surface area contributed by atoms with E-state index in [-0.39, 0.29) is 18.9 Å². The number of benzene rings is 1. The van der Waals surface area contributed by atoms with Crippen LogP contribution in [0.4, 0.5) is 11.5 Å². The summed E-state index contributed by atoms with van der Waals surface area (Å²) < 4.78 is 1.58. The minimum Gasteiger partial charge on any atom is -0.399 e. The van der Waals surface area contributed by atoms with Crippen molar-refractivity contribution in [3.05, 3.63) is 41.6 Å². The fourth-order valence-electron chi connectivity index (χ4n) is 1.92. The Hall–Kier alpha value is -2.34. The highest BCUT2D eigenvalue weighted by molar-refractivity contribution is 5.91. The predicted octanol–water partition coefficient (Wildman–Crippen LogP) is 0.947. The number of carbonyl (C=O) groups excluding carboxylic acids is 1. The normalized spacial score (nSPS) is 10.5. The molecule has 0 spiro atoms. The Morgan fingerprint density at radius 3 is 2.75 bits per heavy atom. The lowest BCUT2D eigenvalue weighted by molar-refractivity contribution is -0.115. The summed E-state index contributed by atoms with van der Waals surface area (Å²) >= 11 is 0. The number of nitrogens with one attached hydrogen (secondary N) is 1. The minimum absolute atomic E-state index is 0.0258. The van der Waals surface area contributed by atoms with Crippen LogP contribution in [0.15, 0.2) is 30.3 Å². The number of aryl methyl sites for hydroxylation is 1. The molecular formula is C14H18N4O2. The van der Waals surface area contributed by atoms with Gasteiger partial charge in [-0.3, -0.25) is 4.79 Å². The quantitative estimate of drug-likeness (QED) is 0.708. The summed E-state index contributed by atoms with van der Waals surface area (Å²) in [6.45, 7) is 2.16. The van der Waals surface area contributed by atoms with Gasteiger partial charge in [-0.1, -0.05) is 12.1 Å². The van der Waals surface area contributed by atoms with Crippen molar-refractivity contribution in [2.75, 3.05) is 17.7 Å². The van der Waals surface area contributed by atoms with E-state index >= 15 is 0 Å². The van der Waals surface area contributed by atoms with Gasteiger partial charge in [-0.2, -0.15) is 5.10 Å². The summed E-state index contributed by atoms with van der Waals surface area (Å²) in [6, 6.07) is 8.96. The molecule has 2 rings (SSSR count). The van der Waals surface area contributed by atoms with Crippen molar-refractivity contribution in [2.45, 2.75) is 19.9 Å². The summed E-state index contributed by atoms with van der Waals surface area (Å²) in [7, 11) is 0. The number of rotatable bonds is 5. The van der Waals surface area contributed by atoms with Crippen molar-refractivity contribution >= 4 is 17.4 Å². The molecule has 20 heavy (non-hydrogen) atoms. The highest BCUT2D eigenvalue weighted by Crippen LogP contribution is 2.11. The first-order chi connectivity index (χ1) is 9.58. The Morgan fingerprint density at radius 1 is 1.40 bits per heavy atom.